The third kappa shape index (κ3) is 9.70. The summed E-state index contributed by atoms with van der Waals surface area (Å²) in [4.78, 5) is 48.5. The first-order valence-electron chi connectivity index (χ1n) is 16.4. The Bertz CT molecular complexity index is 2040. The first-order valence-corrected chi connectivity index (χ1v) is 16.4. The van der Waals surface area contributed by atoms with Crippen molar-refractivity contribution in [1.29, 1.82) is 0 Å². The minimum Gasteiger partial charge on any atom is -0.493 e. The van der Waals surface area contributed by atoms with Gasteiger partial charge in [-0.15, -0.1) is 0 Å². The molecule has 0 amide bonds. The highest BCUT2D eigenvalue weighted by molar-refractivity contribution is 5.92. The molecule has 4 aromatic carbocycles. The van der Waals surface area contributed by atoms with Crippen LogP contribution in [-0.2, 0) is 32.0 Å². The van der Waals surface area contributed by atoms with E-state index in [-0.39, 0.29) is 29.2 Å². The zero-order chi connectivity index (χ0) is 36.5. The van der Waals surface area contributed by atoms with E-state index in [1.807, 2.05) is 12.1 Å². The smallest absolute Gasteiger partial charge is 0.343 e. The van der Waals surface area contributed by atoms with Gasteiger partial charge in [0.15, 0.2) is 0 Å². The predicted molar refractivity (Wildman–Crippen MR) is 193 cm³/mol. The van der Waals surface area contributed by atoms with E-state index in [1.165, 1.54) is 41.5 Å². The first kappa shape index (κ1) is 36.1. The molecule has 51 heavy (non-hydrogen) atoms. The highest BCUT2D eigenvalue weighted by Gasteiger charge is 2.18. The second-order valence-electron chi connectivity index (χ2n) is 12.1. The van der Waals surface area contributed by atoms with E-state index in [9.17, 15) is 19.2 Å². The van der Waals surface area contributed by atoms with E-state index in [0.717, 1.165) is 35.3 Å². The van der Waals surface area contributed by atoms with Crippen molar-refractivity contribution in [3.8, 4) is 34.1 Å². The standard InChI is InChI=1S/C42H38O9/c1-26(2)40(44)48-22-6-21-47-34-15-18-37-32(25-34)10-9-31-24-29(7-17-36(31)37)8-20-39(43)51-38-19-16-35(23-28(38)5)50-42(46)30-11-13-33(14-12-30)49-41(45)27(3)4/h7-8,11-20,23-25H,1,3,6,9-10,21-22H2,2,4-5H3/b20-8+. The van der Waals surface area contributed by atoms with Gasteiger partial charge in [0.2, 0.25) is 0 Å². The van der Waals surface area contributed by atoms with Crippen molar-refractivity contribution < 1.29 is 42.9 Å². The largest absolute Gasteiger partial charge is 0.493 e. The van der Waals surface area contributed by atoms with Crippen LogP contribution < -0.4 is 18.9 Å². The topological polar surface area (TPSA) is 114 Å². The zero-order valence-electron chi connectivity index (χ0n) is 28.8. The summed E-state index contributed by atoms with van der Waals surface area (Å²) in [6.07, 6.45) is 5.39. The van der Waals surface area contributed by atoms with Crippen molar-refractivity contribution in [2.75, 3.05) is 13.2 Å². The van der Waals surface area contributed by atoms with Crippen LogP contribution in [-0.4, -0.2) is 37.1 Å². The normalized spacial score (nSPS) is 11.5. The molecule has 0 unspecified atom stereocenters. The minimum atomic E-state index is -0.598. The van der Waals surface area contributed by atoms with E-state index < -0.39 is 23.9 Å². The third-order valence-electron chi connectivity index (χ3n) is 7.93. The highest BCUT2D eigenvalue weighted by atomic mass is 16.5. The van der Waals surface area contributed by atoms with E-state index in [1.54, 1.807) is 45.0 Å². The molecule has 9 heteroatoms. The van der Waals surface area contributed by atoms with E-state index >= 15 is 0 Å². The van der Waals surface area contributed by atoms with Crippen LogP contribution in [0.25, 0.3) is 17.2 Å². The van der Waals surface area contributed by atoms with Crippen molar-refractivity contribution in [2.45, 2.75) is 40.0 Å². The van der Waals surface area contributed by atoms with Crippen molar-refractivity contribution >= 4 is 30.0 Å². The van der Waals surface area contributed by atoms with Crippen LogP contribution in [0.2, 0.25) is 0 Å². The summed E-state index contributed by atoms with van der Waals surface area (Å²) in [7, 11) is 0. The van der Waals surface area contributed by atoms with Gasteiger partial charge in [-0.05, 0) is 128 Å². The number of ether oxygens (including phenoxy) is 5. The van der Waals surface area contributed by atoms with Crippen LogP contribution in [0.4, 0.5) is 0 Å². The lowest BCUT2D eigenvalue weighted by molar-refractivity contribution is -0.139. The van der Waals surface area contributed by atoms with Crippen LogP contribution in [0, 0.1) is 6.92 Å². The Hall–Kier alpha value is -6.22. The van der Waals surface area contributed by atoms with Gasteiger partial charge in [-0.1, -0.05) is 37.4 Å². The summed E-state index contributed by atoms with van der Waals surface area (Å²) < 4.78 is 27.2. The van der Waals surface area contributed by atoms with Crippen molar-refractivity contribution in [3.05, 3.63) is 137 Å². The van der Waals surface area contributed by atoms with Crippen molar-refractivity contribution in [1.82, 2.24) is 0 Å². The summed E-state index contributed by atoms with van der Waals surface area (Å²) in [6.45, 7) is 12.7. The number of carbonyl (C=O) groups is 4. The van der Waals surface area contributed by atoms with Gasteiger partial charge in [0, 0.05) is 23.6 Å². The fourth-order valence-corrected chi connectivity index (χ4v) is 5.25. The molecule has 0 aromatic heterocycles. The number of esters is 4. The zero-order valence-corrected chi connectivity index (χ0v) is 28.8. The lowest BCUT2D eigenvalue weighted by Gasteiger charge is -2.21. The minimum absolute atomic E-state index is 0.263. The van der Waals surface area contributed by atoms with Crippen LogP contribution in [0.3, 0.4) is 0 Å². The molecule has 0 bridgehead atoms. The maximum absolute atomic E-state index is 12.7. The summed E-state index contributed by atoms with van der Waals surface area (Å²) in [5.41, 5.74) is 7.08. The molecule has 0 aliphatic heterocycles. The molecule has 0 radical (unpaired) electrons. The summed E-state index contributed by atoms with van der Waals surface area (Å²) >= 11 is 0. The molecule has 4 aromatic rings. The Labute approximate surface area is 296 Å². The number of benzene rings is 4. The van der Waals surface area contributed by atoms with Gasteiger partial charge in [-0.25, -0.2) is 19.2 Å². The van der Waals surface area contributed by atoms with E-state index in [2.05, 4.69) is 37.4 Å². The van der Waals surface area contributed by atoms with Crippen LogP contribution in [0.1, 0.15) is 52.9 Å². The fourth-order valence-electron chi connectivity index (χ4n) is 5.25. The number of hydrogen-bond donors (Lipinski definition) is 0. The Balaban J connectivity index is 1.13. The van der Waals surface area contributed by atoms with Gasteiger partial charge in [-0.3, -0.25) is 0 Å². The predicted octanol–water partition coefficient (Wildman–Crippen LogP) is 7.97. The number of aryl methyl sites for hydroxylation is 3. The molecular formula is C42H38O9. The molecule has 0 N–H and O–H groups in total. The van der Waals surface area contributed by atoms with E-state index in [0.29, 0.717) is 29.9 Å². The molecule has 0 spiro atoms. The summed E-state index contributed by atoms with van der Waals surface area (Å²) in [5, 5.41) is 0. The summed E-state index contributed by atoms with van der Waals surface area (Å²) in [6, 6.07) is 22.9. The number of rotatable bonds is 13. The second kappa shape index (κ2) is 16.5. The van der Waals surface area contributed by atoms with Gasteiger partial charge < -0.3 is 23.7 Å². The Morgan fingerprint density at radius 3 is 2.02 bits per heavy atom. The molecule has 1 aliphatic rings. The van der Waals surface area contributed by atoms with Crippen LogP contribution in [0.15, 0.2) is 109 Å². The average molecular weight is 687 g/mol. The number of fused-ring (bicyclic) bond motifs is 3. The quantitative estimate of drug-likeness (QED) is 0.0598. The molecular weight excluding hydrogens is 648 g/mol. The van der Waals surface area contributed by atoms with Gasteiger partial charge in [0.05, 0.1) is 18.8 Å². The van der Waals surface area contributed by atoms with Gasteiger partial charge in [0.25, 0.3) is 0 Å². The molecule has 1 aliphatic carbocycles. The first-order chi connectivity index (χ1) is 24.5. The molecule has 260 valence electrons. The van der Waals surface area contributed by atoms with Gasteiger partial charge in [-0.2, -0.15) is 0 Å². The number of carbonyl (C=O) groups excluding carboxylic acids is 4. The monoisotopic (exact) mass is 686 g/mol. The maximum atomic E-state index is 12.7. The lowest BCUT2D eigenvalue weighted by atomic mass is 9.84. The lowest BCUT2D eigenvalue weighted by Crippen LogP contribution is -2.10. The molecule has 0 heterocycles. The molecule has 0 atom stereocenters. The second-order valence-corrected chi connectivity index (χ2v) is 12.1. The highest BCUT2D eigenvalue weighted by Crippen LogP contribution is 2.36. The Morgan fingerprint density at radius 1 is 0.686 bits per heavy atom. The maximum Gasteiger partial charge on any atom is 0.343 e. The van der Waals surface area contributed by atoms with E-state index in [4.69, 9.17) is 23.7 Å². The third-order valence-corrected chi connectivity index (χ3v) is 7.93. The molecule has 9 nitrogen and oxygen atoms in total. The van der Waals surface area contributed by atoms with Crippen LogP contribution in [0.5, 0.6) is 23.0 Å². The summed E-state index contributed by atoms with van der Waals surface area (Å²) in [5.74, 6) is -0.411. The molecule has 5 rings (SSSR count). The van der Waals surface area contributed by atoms with Crippen LogP contribution >= 0.6 is 0 Å². The molecule has 0 saturated heterocycles. The van der Waals surface area contributed by atoms with Gasteiger partial charge >= 0.3 is 23.9 Å². The molecule has 0 saturated carbocycles. The average Bonchev–Trinajstić information content (AvgIpc) is 3.11. The SMILES string of the molecule is C=C(C)C(=O)OCCCOc1ccc2c(c1)CCc1cc(/C=C/C(=O)Oc3ccc(OC(=O)c4ccc(OC(=O)C(=C)C)cc4)cc3C)ccc1-2. The Morgan fingerprint density at radius 2 is 1.33 bits per heavy atom. The fraction of sp³-hybridized carbons (Fsp3) is 0.190. The number of hydrogen-bond acceptors (Lipinski definition) is 9. The Kier molecular flexibility index (Phi) is 11.6. The molecule has 0 fully saturated rings. The van der Waals surface area contributed by atoms with Crippen molar-refractivity contribution in [2.24, 2.45) is 0 Å². The van der Waals surface area contributed by atoms with Crippen molar-refractivity contribution in [3.63, 3.8) is 0 Å². The van der Waals surface area contributed by atoms with Gasteiger partial charge in [0.1, 0.15) is 23.0 Å².